The van der Waals surface area contributed by atoms with Gasteiger partial charge in [-0.1, -0.05) is 6.07 Å². The van der Waals surface area contributed by atoms with Crippen molar-refractivity contribution in [2.24, 2.45) is 5.73 Å². The molecule has 0 radical (unpaired) electrons. The van der Waals surface area contributed by atoms with Gasteiger partial charge in [0.25, 0.3) is 0 Å². The zero-order chi connectivity index (χ0) is 15.2. The number of nitrogens with two attached hydrogens (primary N) is 1. The first kappa shape index (κ1) is 15.1. The van der Waals surface area contributed by atoms with E-state index >= 15 is 0 Å². The number of ether oxygens (including phenoxy) is 3. The van der Waals surface area contributed by atoms with Crippen LogP contribution in [0.15, 0.2) is 36.4 Å². The summed E-state index contributed by atoms with van der Waals surface area (Å²) in [6, 6.07) is 10.1. The maximum Gasteiger partial charge on any atom is 0.165 e. The summed E-state index contributed by atoms with van der Waals surface area (Å²) < 4.78 is 29.3. The van der Waals surface area contributed by atoms with Crippen LogP contribution in [0.2, 0.25) is 0 Å². The summed E-state index contributed by atoms with van der Waals surface area (Å²) in [5, 5.41) is 0. The summed E-state index contributed by atoms with van der Waals surface area (Å²) in [5.41, 5.74) is 7.24. The Bertz CT molecular complexity index is 616. The Hall–Kier alpha value is -2.27. The van der Waals surface area contributed by atoms with E-state index in [0.29, 0.717) is 17.9 Å². The first-order chi connectivity index (χ1) is 10.2. The van der Waals surface area contributed by atoms with Crippen LogP contribution in [0.25, 0.3) is 0 Å². The van der Waals surface area contributed by atoms with Gasteiger partial charge < -0.3 is 19.9 Å². The summed E-state index contributed by atoms with van der Waals surface area (Å²) in [6.45, 7) is 0.587. The van der Waals surface area contributed by atoms with Crippen molar-refractivity contribution in [2.45, 2.75) is 13.2 Å². The van der Waals surface area contributed by atoms with Gasteiger partial charge in [0.15, 0.2) is 11.6 Å². The number of methoxy groups -OCH3 is 2. The molecule has 2 rings (SSSR count). The Balaban J connectivity index is 2.10. The highest BCUT2D eigenvalue weighted by molar-refractivity contribution is 5.40. The Labute approximate surface area is 123 Å². The molecule has 2 aromatic carbocycles. The summed E-state index contributed by atoms with van der Waals surface area (Å²) in [4.78, 5) is 0. The SMILES string of the molecule is COc1ccc(OCc2ccc(OC)c(F)c2)c(CN)c1. The molecule has 0 spiro atoms. The second kappa shape index (κ2) is 6.95. The normalized spacial score (nSPS) is 10.3. The minimum atomic E-state index is -0.410. The molecule has 2 aromatic rings. The molecular weight excluding hydrogens is 273 g/mol. The van der Waals surface area contributed by atoms with E-state index in [9.17, 15) is 4.39 Å². The van der Waals surface area contributed by atoms with Crippen molar-refractivity contribution in [1.82, 2.24) is 0 Å². The lowest BCUT2D eigenvalue weighted by Gasteiger charge is -2.12. The third-order valence-corrected chi connectivity index (χ3v) is 3.10. The molecule has 0 bridgehead atoms. The predicted molar refractivity (Wildman–Crippen MR) is 78.2 cm³/mol. The zero-order valence-corrected chi connectivity index (χ0v) is 12.1. The van der Waals surface area contributed by atoms with Gasteiger partial charge in [0, 0.05) is 12.1 Å². The van der Waals surface area contributed by atoms with Gasteiger partial charge in [0.1, 0.15) is 18.1 Å². The second-order valence-corrected chi connectivity index (χ2v) is 4.44. The van der Waals surface area contributed by atoms with E-state index in [1.165, 1.54) is 13.2 Å². The average molecular weight is 291 g/mol. The van der Waals surface area contributed by atoms with E-state index in [-0.39, 0.29) is 12.4 Å². The van der Waals surface area contributed by atoms with Crippen molar-refractivity contribution in [3.05, 3.63) is 53.3 Å². The maximum absolute atomic E-state index is 13.6. The fraction of sp³-hybridized carbons (Fsp3) is 0.250. The summed E-state index contributed by atoms with van der Waals surface area (Å²) in [5.74, 6) is 1.19. The van der Waals surface area contributed by atoms with Crippen molar-refractivity contribution >= 4 is 0 Å². The van der Waals surface area contributed by atoms with Crippen molar-refractivity contribution < 1.29 is 18.6 Å². The highest BCUT2D eigenvalue weighted by Crippen LogP contribution is 2.25. The van der Waals surface area contributed by atoms with E-state index < -0.39 is 5.82 Å². The monoisotopic (exact) mass is 291 g/mol. The predicted octanol–water partition coefficient (Wildman–Crippen LogP) is 2.88. The molecule has 0 aliphatic heterocycles. The molecule has 0 aliphatic rings. The van der Waals surface area contributed by atoms with Crippen LogP contribution in [-0.2, 0) is 13.2 Å². The zero-order valence-electron chi connectivity index (χ0n) is 12.1. The largest absolute Gasteiger partial charge is 0.497 e. The molecule has 0 atom stereocenters. The highest BCUT2D eigenvalue weighted by Gasteiger charge is 2.07. The number of benzene rings is 2. The Kier molecular flexibility index (Phi) is 5.00. The van der Waals surface area contributed by atoms with Crippen molar-refractivity contribution in [2.75, 3.05) is 14.2 Å². The van der Waals surface area contributed by atoms with Gasteiger partial charge in [0.05, 0.1) is 14.2 Å². The molecule has 0 aromatic heterocycles. The van der Waals surface area contributed by atoms with Crippen LogP contribution in [0.4, 0.5) is 4.39 Å². The summed E-state index contributed by atoms with van der Waals surface area (Å²) >= 11 is 0. The van der Waals surface area contributed by atoms with Gasteiger partial charge in [-0.15, -0.1) is 0 Å². The maximum atomic E-state index is 13.6. The number of hydrogen-bond acceptors (Lipinski definition) is 4. The standard InChI is InChI=1S/C16H18FNO3/c1-19-13-4-6-15(12(8-13)9-18)21-10-11-3-5-16(20-2)14(17)7-11/h3-8H,9-10,18H2,1-2H3. The van der Waals surface area contributed by atoms with Crippen LogP contribution in [0.1, 0.15) is 11.1 Å². The molecule has 0 unspecified atom stereocenters. The van der Waals surface area contributed by atoms with Crippen LogP contribution in [0.5, 0.6) is 17.2 Å². The molecule has 0 heterocycles. The van der Waals surface area contributed by atoms with Crippen molar-refractivity contribution in [1.29, 1.82) is 0 Å². The molecule has 0 fully saturated rings. The lowest BCUT2D eigenvalue weighted by Crippen LogP contribution is -2.03. The van der Waals surface area contributed by atoms with Gasteiger partial charge in [0.2, 0.25) is 0 Å². The second-order valence-electron chi connectivity index (χ2n) is 4.44. The molecule has 5 heteroatoms. The van der Waals surface area contributed by atoms with Crippen molar-refractivity contribution in [3.63, 3.8) is 0 Å². The summed E-state index contributed by atoms with van der Waals surface area (Å²) in [7, 11) is 3.02. The van der Waals surface area contributed by atoms with Gasteiger partial charge in [-0.2, -0.15) is 0 Å². The van der Waals surface area contributed by atoms with Crippen LogP contribution in [0, 0.1) is 5.82 Å². The van der Waals surface area contributed by atoms with Gasteiger partial charge >= 0.3 is 0 Å². The number of halogens is 1. The lowest BCUT2D eigenvalue weighted by atomic mass is 10.2. The Morgan fingerprint density at radius 1 is 1.00 bits per heavy atom. The quantitative estimate of drug-likeness (QED) is 0.889. The van der Waals surface area contributed by atoms with Gasteiger partial charge in [-0.3, -0.25) is 0 Å². The minimum Gasteiger partial charge on any atom is -0.497 e. The smallest absolute Gasteiger partial charge is 0.165 e. The molecule has 4 nitrogen and oxygen atoms in total. The minimum absolute atomic E-state index is 0.214. The molecule has 0 aliphatic carbocycles. The van der Waals surface area contributed by atoms with Crippen LogP contribution < -0.4 is 19.9 Å². The van der Waals surface area contributed by atoms with E-state index in [2.05, 4.69) is 0 Å². The first-order valence-corrected chi connectivity index (χ1v) is 6.50. The molecule has 0 saturated carbocycles. The fourth-order valence-corrected chi connectivity index (χ4v) is 1.94. The van der Waals surface area contributed by atoms with Crippen LogP contribution >= 0.6 is 0 Å². The molecular formula is C16H18FNO3. The van der Waals surface area contributed by atoms with E-state index in [1.807, 2.05) is 6.07 Å². The van der Waals surface area contributed by atoms with Crippen LogP contribution in [0.3, 0.4) is 0 Å². The highest BCUT2D eigenvalue weighted by atomic mass is 19.1. The molecule has 21 heavy (non-hydrogen) atoms. The third kappa shape index (κ3) is 3.64. The molecule has 0 saturated heterocycles. The van der Waals surface area contributed by atoms with E-state index in [4.69, 9.17) is 19.9 Å². The van der Waals surface area contributed by atoms with E-state index in [1.54, 1.807) is 31.4 Å². The lowest BCUT2D eigenvalue weighted by molar-refractivity contribution is 0.300. The number of hydrogen-bond donors (Lipinski definition) is 1. The summed E-state index contributed by atoms with van der Waals surface area (Å²) in [6.07, 6.45) is 0. The Morgan fingerprint density at radius 2 is 1.76 bits per heavy atom. The third-order valence-electron chi connectivity index (χ3n) is 3.10. The topological polar surface area (TPSA) is 53.7 Å². The molecule has 0 amide bonds. The van der Waals surface area contributed by atoms with Gasteiger partial charge in [-0.25, -0.2) is 4.39 Å². The first-order valence-electron chi connectivity index (χ1n) is 6.50. The average Bonchev–Trinajstić information content (AvgIpc) is 2.52. The molecule has 2 N–H and O–H groups in total. The molecule has 112 valence electrons. The number of rotatable bonds is 6. The Morgan fingerprint density at radius 3 is 2.38 bits per heavy atom. The van der Waals surface area contributed by atoms with Crippen molar-refractivity contribution in [3.8, 4) is 17.2 Å². The van der Waals surface area contributed by atoms with E-state index in [0.717, 1.165) is 11.3 Å². The fourth-order valence-electron chi connectivity index (χ4n) is 1.94. The van der Waals surface area contributed by atoms with Crippen LogP contribution in [-0.4, -0.2) is 14.2 Å². The van der Waals surface area contributed by atoms with Gasteiger partial charge in [-0.05, 0) is 35.9 Å².